The molecule has 2 atom stereocenters. The van der Waals surface area contributed by atoms with Gasteiger partial charge in [-0.05, 0) is 40.5 Å². The van der Waals surface area contributed by atoms with Gasteiger partial charge in [0.05, 0.1) is 5.70 Å². The number of allylic oxidation sites excluding steroid dienone is 3. The highest BCUT2D eigenvalue weighted by molar-refractivity contribution is 5.70. The average Bonchev–Trinajstić information content (AvgIpc) is 2.45. The fourth-order valence-electron chi connectivity index (χ4n) is 2.21. The zero-order chi connectivity index (χ0) is 19.9. The van der Waals surface area contributed by atoms with E-state index in [1.807, 2.05) is 0 Å². The van der Waals surface area contributed by atoms with Crippen molar-refractivity contribution in [2.75, 3.05) is 7.05 Å². The van der Waals surface area contributed by atoms with Gasteiger partial charge in [0.15, 0.2) is 0 Å². The molecule has 0 aromatic carbocycles. The molecule has 0 saturated carbocycles. The molecule has 0 unspecified atom stereocenters. The molecule has 0 heterocycles. The number of amides is 1. The van der Waals surface area contributed by atoms with Crippen LogP contribution in [-0.2, 0) is 4.74 Å². The molecule has 0 rings (SSSR count). The number of nitrogens with two attached hydrogens (primary N) is 1. The molecule has 0 aromatic rings. The summed E-state index contributed by atoms with van der Waals surface area (Å²) in [6.07, 6.45) is 0.814. The van der Waals surface area contributed by atoms with Crippen molar-refractivity contribution in [2.45, 2.75) is 60.5 Å². The number of rotatable bonds is 6. The van der Waals surface area contributed by atoms with E-state index in [2.05, 4.69) is 4.99 Å². The van der Waals surface area contributed by atoms with Crippen LogP contribution >= 0.6 is 0 Å². The monoisotopic (exact) mass is 359 g/mol. The summed E-state index contributed by atoms with van der Waals surface area (Å²) in [5.74, 6) is -2.18. The van der Waals surface area contributed by atoms with Crippen LogP contribution in [-0.4, -0.2) is 29.9 Å². The molecule has 0 aliphatic heterocycles. The summed E-state index contributed by atoms with van der Waals surface area (Å²) >= 11 is 0. The minimum absolute atomic E-state index is 0.0989. The summed E-state index contributed by atoms with van der Waals surface area (Å²) in [7, 11) is 1.53. The first-order valence-corrected chi connectivity index (χ1v) is 8.27. The average molecular weight is 359 g/mol. The predicted octanol–water partition coefficient (Wildman–Crippen LogP) is 4.90. The Balaban J connectivity index is 5.69. The third-order valence-corrected chi connectivity index (χ3v) is 3.72. The Morgan fingerprint density at radius 2 is 1.84 bits per heavy atom. The van der Waals surface area contributed by atoms with Crippen molar-refractivity contribution in [1.82, 2.24) is 4.90 Å². The van der Waals surface area contributed by atoms with Crippen LogP contribution < -0.4 is 5.73 Å². The third kappa shape index (κ3) is 7.67. The van der Waals surface area contributed by atoms with Crippen LogP contribution in [0.15, 0.2) is 28.2 Å². The van der Waals surface area contributed by atoms with Gasteiger partial charge < -0.3 is 10.5 Å². The van der Waals surface area contributed by atoms with Crippen molar-refractivity contribution in [2.24, 2.45) is 22.6 Å². The zero-order valence-corrected chi connectivity index (χ0v) is 16.5. The van der Waals surface area contributed by atoms with E-state index >= 15 is 0 Å². The highest BCUT2D eigenvalue weighted by Gasteiger charge is 2.29. The topological polar surface area (TPSA) is 67.9 Å². The maximum atomic E-state index is 13.7. The molecule has 0 fully saturated rings. The quantitative estimate of drug-likeness (QED) is 0.686. The van der Waals surface area contributed by atoms with Gasteiger partial charge in [0.1, 0.15) is 23.1 Å². The van der Waals surface area contributed by atoms with Crippen LogP contribution in [0.3, 0.4) is 0 Å². The second-order valence-electron chi connectivity index (χ2n) is 7.11. The summed E-state index contributed by atoms with van der Waals surface area (Å²) in [6.45, 7) is 11.6. The smallest absolute Gasteiger partial charge is 0.414 e. The summed E-state index contributed by atoms with van der Waals surface area (Å²) < 4.78 is 32.0. The minimum atomic E-state index is -0.843. The summed E-state index contributed by atoms with van der Waals surface area (Å²) in [5, 5.41) is 0. The Morgan fingerprint density at radius 1 is 1.32 bits per heavy atom. The van der Waals surface area contributed by atoms with Gasteiger partial charge in [-0.2, -0.15) is 0 Å². The number of hydrogen-bond acceptors (Lipinski definition) is 4. The van der Waals surface area contributed by atoms with Crippen molar-refractivity contribution in [3.05, 3.63) is 23.2 Å². The lowest BCUT2D eigenvalue weighted by Crippen LogP contribution is -2.37. The third-order valence-electron chi connectivity index (χ3n) is 3.72. The molecule has 25 heavy (non-hydrogen) atoms. The lowest BCUT2D eigenvalue weighted by Gasteiger charge is -2.31. The molecular weight excluding hydrogens is 328 g/mol. The van der Waals surface area contributed by atoms with E-state index in [4.69, 9.17) is 10.5 Å². The van der Waals surface area contributed by atoms with Crippen molar-refractivity contribution >= 4 is 12.3 Å². The van der Waals surface area contributed by atoms with Gasteiger partial charge in [-0.25, -0.2) is 18.6 Å². The molecule has 0 saturated heterocycles. The number of carbonyl (C=O) groups excluding carboxylic acids is 1. The van der Waals surface area contributed by atoms with E-state index in [-0.39, 0.29) is 24.1 Å². The van der Waals surface area contributed by atoms with Gasteiger partial charge in [-0.1, -0.05) is 13.8 Å². The largest absolute Gasteiger partial charge is 0.443 e. The number of nitrogens with zero attached hydrogens (tertiary/aromatic N) is 2. The highest BCUT2D eigenvalue weighted by atomic mass is 19.2. The summed E-state index contributed by atoms with van der Waals surface area (Å²) in [6, 6.07) is 0. The molecule has 144 valence electrons. The second-order valence-corrected chi connectivity index (χ2v) is 7.11. The molecule has 1 amide bonds. The van der Waals surface area contributed by atoms with E-state index in [1.54, 1.807) is 41.5 Å². The Labute approximate surface area is 149 Å². The van der Waals surface area contributed by atoms with Crippen molar-refractivity contribution in [3.8, 4) is 0 Å². The number of halogens is 2. The number of ether oxygens (including phenoxy) is 1. The first-order chi connectivity index (χ1) is 11.3. The Hall–Kier alpha value is -1.92. The Kier molecular flexibility index (Phi) is 8.80. The van der Waals surface area contributed by atoms with Gasteiger partial charge in [-0.15, -0.1) is 0 Å². The zero-order valence-electron chi connectivity index (χ0n) is 16.5. The van der Waals surface area contributed by atoms with Crippen molar-refractivity contribution in [3.63, 3.8) is 0 Å². The number of carbonyl (C=O) groups is 1. The maximum Gasteiger partial charge on any atom is 0.414 e. The van der Waals surface area contributed by atoms with Gasteiger partial charge in [0.2, 0.25) is 0 Å². The molecule has 0 aliphatic rings. The number of aliphatic imine (C=N–C) groups is 1. The molecule has 5 nitrogen and oxygen atoms in total. The molecule has 2 N–H and O–H groups in total. The minimum Gasteiger partial charge on any atom is -0.443 e. The van der Waals surface area contributed by atoms with Crippen LogP contribution in [0.4, 0.5) is 13.6 Å². The van der Waals surface area contributed by atoms with E-state index in [9.17, 15) is 13.6 Å². The summed E-state index contributed by atoms with van der Waals surface area (Å²) in [4.78, 5) is 17.7. The van der Waals surface area contributed by atoms with Gasteiger partial charge >= 0.3 is 6.09 Å². The molecule has 0 spiro atoms. The normalized spacial score (nSPS) is 16.9. The first kappa shape index (κ1) is 23.1. The molecule has 0 aromatic heterocycles. The molecule has 0 radical (unpaired) electrons. The van der Waals surface area contributed by atoms with Gasteiger partial charge in [0.25, 0.3) is 0 Å². The standard InChI is InChI=1S/C18H31F2N3O2/c1-9-22-16(21)15(23(8)17(24)25-18(5,6)7)12(3)11(2)10-14(20)13(4)19/h9,11-12H,10,21H2,1-8H3/b14-13-,16-15+,22-9-/t11-,12-/m0/s1. The van der Waals surface area contributed by atoms with Crippen molar-refractivity contribution < 1.29 is 18.3 Å². The van der Waals surface area contributed by atoms with E-state index in [0.29, 0.717) is 5.70 Å². The van der Waals surface area contributed by atoms with Crippen LogP contribution in [0.25, 0.3) is 0 Å². The van der Waals surface area contributed by atoms with Crippen LogP contribution in [0.5, 0.6) is 0 Å². The lowest BCUT2D eigenvalue weighted by molar-refractivity contribution is 0.0328. The molecule has 0 bridgehead atoms. The Bertz CT molecular complexity index is 559. The van der Waals surface area contributed by atoms with E-state index < -0.39 is 23.3 Å². The van der Waals surface area contributed by atoms with E-state index in [1.165, 1.54) is 18.2 Å². The first-order valence-electron chi connectivity index (χ1n) is 8.27. The van der Waals surface area contributed by atoms with Crippen LogP contribution in [0.2, 0.25) is 0 Å². The van der Waals surface area contributed by atoms with Crippen LogP contribution in [0.1, 0.15) is 54.9 Å². The van der Waals surface area contributed by atoms with Crippen LogP contribution in [0, 0.1) is 11.8 Å². The summed E-state index contributed by atoms with van der Waals surface area (Å²) in [5.41, 5.74) is 5.75. The molecular formula is C18H31F2N3O2. The molecule has 7 heteroatoms. The Morgan fingerprint density at radius 3 is 2.24 bits per heavy atom. The highest BCUT2D eigenvalue weighted by Crippen LogP contribution is 2.31. The number of hydrogen-bond donors (Lipinski definition) is 1. The fraction of sp³-hybridized carbons (Fsp3) is 0.667. The van der Waals surface area contributed by atoms with Gasteiger partial charge in [-0.3, -0.25) is 4.90 Å². The lowest BCUT2D eigenvalue weighted by atomic mass is 9.88. The van der Waals surface area contributed by atoms with Gasteiger partial charge in [0, 0.05) is 25.6 Å². The fourth-order valence-corrected chi connectivity index (χ4v) is 2.21. The molecule has 0 aliphatic carbocycles. The maximum absolute atomic E-state index is 13.7. The predicted molar refractivity (Wildman–Crippen MR) is 97.2 cm³/mol. The van der Waals surface area contributed by atoms with E-state index in [0.717, 1.165) is 6.92 Å². The second kappa shape index (κ2) is 9.53. The SMILES string of the molecule is C/C=N\C(N)=C(/[C@@H](C)[C@@H](C)C/C(F)=C(\C)F)N(C)C(=O)OC(C)(C)C. The van der Waals surface area contributed by atoms with Crippen molar-refractivity contribution in [1.29, 1.82) is 0 Å².